The molecular weight excluding hydrogens is 319 g/mol. The van der Waals surface area contributed by atoms with E-state index in [9.17, 15) is 13.2 Å². The molecule has 1 saturated heterocycles. The van der Waals surface area contributed by atoms with Gasteiger partial charge < -0.3 is 9.80 Å². The lowest BCUT2D eigenvalue weighted by atomic mass is 10.2. The van der Waals surface area contributed by atoms with E-state index in [-0.39, 0.29) is 0 Å². The minimum absolute atomic E-state index is 0.523. The van der Waals surface area contributed by atoms with Crippen molar-refractivity contribution in [3.63, 3.8) is 0 Å². The third-order valence-electron chi connectivity index (χ3n) is 3.94. The Bertz CT molecular complexity index is 744. The fourth-order valence-corrected chi connectivity index (χ4v) is 2.65. The van der Waals surface area contributed by atoms with Crippen LogP contribution < -0.4 is 9.80 Å². The molecule has 24 heavy (non-hydrogen) atoms. The second-order valence-corrected chi connectivity index (χ2v) is 5.38. The van der Waals surface area contributed by atoms with Gasteiger partial charge in [-0.25, -0.2) is 4.98 Å². The van der Waals surface area contributed by atoms with Crippen molar-refractivity contribution in [2.45, 2.75) is 6.18 Å². The van der Waals surface area contributed by atoms with E-state index < -0.39 is 11.7 Å². The summed E-state index contributed by atoms with van der Waals surface area (Å²) in [6.07, 6.45) is -0.288. The van der Waals surface area contributed by atoms with E-state index in [1.807, 2.05) is 9.80 Å². The molecular formula is C16H14F3N5. The van der Waals surface area contributed by atoms with E-state index in [2.05, 4.69) is 16.0 Å². The van der Waals surface area contributed by atoms with Gasteiger partial charge in [-0.3, -0.25) is 4.98 Å². The van der Waals surface area contributed by atoms with Gasteiger partial charge >= 0.3 is 6.18 Å². The van der Waals surface area contributed by atoms with Crippen molar-refractivity contribution in [1.82, 2.24) is 9.97 Å². The maximum atomic E-state index is 12.6. The summed E-state index contributed by atoms with van der Waals surface area (Å²) in [6, 6.07) is 6.25. The smallest absolute Gasteiger partial charge is 0.366 e. The summed E-state index contributed by atoms with van der Waals surface area (Å²) in [5, 5.41) is 9.15. The fraction of sp³-hybridized carbons (Fsp3) is 0.312. The standard InChI is InChI=1S/C16H14F3N5/c17-16(18,19)13-1-2-15(22-10-13)24-7-5-23(6-8-24)14-11-21-4-3-12(14)9-20/h1-4,10-11H,5-8H2. The van der Waals surface area contributed by atoms with Crippen molar-refractivity contribution in [2.24, 2.45) is 0 Å². The van der Waals surface area contributed by atoms with E-state index >= 15 is 0 Å². The molecule has 2 aromatic rings. The van der Waals surface area contributed by atoms with Gasteiger partial charge in [-0.2, -0.15) is 18.4 Å². The second kappa shape index (κ2) is 6.35. The van der Waals surface area contributed by atoms with Gasteiger partial charge in [0.05, 0.1) is 23.0 Å². The highest BCUT2D eigenvalue weighted by Gasteiger charge is 2.31. The van der Waals surface area contributed by atoms with Crippen LogP contribution in [-0.4, -0.2) is 36.1 Å². The molecule has 1 aliphatic heterocycles. The number of rotatable bonds is 2. The van der Waals surface area contributed by atoms with Crippen LogP contribution >= 0.6 is 0 Å². The molecule has 0 amide bonds. The lowest BCUT2D eigenvalue weighted by Gasteiger charge is -2.36. The quantitative estimate of drug-likeness (QED) is 0.846. The Morgan fingerprint density at radius 1 is 1.00 bits per heavy atom. The van der Waals surface area contributed by atoms with Gasteiger partial charge in [0.25, 0.3) is 0 Å². The van der Waals surface area contributed by atoms with E-state index in [0.717, 1.165) is 18.0 Å². The molecule has 0 radical (unpaired) electrons. The zero-order valence-corrected chi connectivity index (χ0v) is 12.7. The van der Waals surface area contributed by atoms with Gasteiger partial charge in [-0.1, -0.05) is 0 Å². The van der Waals surface area contributed by atoms with Gasteiger partial charge in [-0.05, 0) is 18.2 Å². The number of alkyl halides is 3. The Balaban J connectivity index is 1.68. The van der Waals surface area contributed by atoms with Crippen molar-refractivity contribution in [2.75, 3.05) is 36.0 Å². The largest absolute Gasteiger partial charge is 0.417 e. The number of nitriles is 1. The van der Waals surface area contributed by atoms with Crippen LogP contribution in [0.3, 0.4) is 0 Å². The summed E-state index contributed by atoms with van der Waals surface area (Å²) in [6.45, 7) is 2.50. The summed E-state index contributed by atoms with van der Waals surface area (Å²) in [5.74, 6) is 0.523. The summed E-state index contributed by atoms with van der Waals surface area (Å²) >= 11 is 0. The molecule has 3 rings (SSSR count). The molecule has 5 nitrogen and oxygen atoms in total. The van der Waals surface area contributed by atoms with Gasteiger partial charge in [0.1, 0.15) is 11.9 Å². The normalized spacial score (nSPS) is 15.2. The van der Waals surface area contributed by atoms with E-state index in [4.69, 9.17) is 5.26 Å². The maximum absolute atomic E-state index is 12.6. The molecule has 0 aliphatic carbocycles. The van der Waals surface area contributed by atoms with Crippen molar-refractivity contribution >= 4 is 11.5 Å². The highest BCUT2D eigenvalue weighted by molar-refractivity contribution is 5.58. The predicted octanol–water partition coefficient (Wildman–Crippen LogP) is 2.69. The van der Waals surface area contributed by atoms with Crippen LogP contribution in [0.15, 0.2) is 36.8 Å². The minimum Gasteiger partial charge on any atom is -0.366 e. The Kier molecular flexibility index (Phi) is 4.25. The lowest BCUT2D eigenvalue weighted by Crippen LogP contribution is -2.47. The first-order valence-corrected chi connectivity index (χ1v) is 7.36. The first kappa shape index (κ1) is 16.1. The van der Waals surface area contributed by atoms with Crippen LogP contribution in [0.1, 0.15) is 11.1 Å². The number of pyridine rings is 2. The predicted molar refractivity (Wildman–Crippen MR) is 82.6 cm³/mol. The first-order valence-electron chi connectivity index (χ1n) is 7.36. The summed E-state index contributed by atoms with van der Waals surface area (Å²) in [4.78, 5) is 12.0. The molecule has 0 unspecified atom stereocenters. The van der Waals surface area contributed by atoms with Crippen LogP contribution in [0.5, 0.6) is 0 Å². The number of piperazine rings is 1. The summed E-state index contributed by atoms with van der Waals surface area (Å²) in [7, 11) is 0. The van der Waals surface area contributed by atoms with Gasteiger partial charge in [-0.15, -0.1) is 0 Å². The molecule has 0 spiro atoms. The maximum Gasteiger partial charge on any atom is 0.417 e. The number of aromatic nitrogens is 2. The van der Waals surface area contributed by atoms with Crippen LogP contribution in [-0.2, 0) is 6.18 Å². The summed E-state index contributed by atoms with van der Waals surface area (Å²) in [5.41, 5.74) is 0.588. The number of hydrogen-bond donors (Lipinski definition) is 0. The molecule has 1 aliphatic rings. The highest BCUT2D eigenvalue weighted by atomic mass is 19.4. The number of hydrogen-bond acceptors (Lipinski definition) is 5. The SMILES string of the molecule is N#Cc1ccncc1N1CCN(c2ccc(C(F)(F)F)cn2)CC1. The van der Waals surface area contributed by atoms with Crippen LogP contribution in [0.2, 0.25) is 0 Å². The second-order valence-electron chi connectivity index (χ2n) is 5.38. The Morgan fingerprint density at radius 2 is 1.71 bits per heavy atom. The lowest BCUT2D eigenvalue weighted by molar-refractivity contribution is -0.137. The van der Waals surface area contributed by atoms with E-state index in [1.54, 1.807) is 18.5 Å². The minimum atomic E-state index is -4.38. The van der Waals surface area contributed by atoms with Crippen molar-refractivity contribution in [3.05, 3.63) is 47.9 Å². The molecule has 0 bridgehead atoms. The Hall–Kier alpha value is -2.82. The molecule has 2 aromatic heterocycles. The van der Waals surface area contributed by atoms with Gasteiger partial charge in [0.15, 0.2) is 0 Å². The van der Waals surface area contributed by atoms with Crippen LogP contribution in [0.4, 0.5) is 24.7 Å². The van der Waals surface area contributed by atoms with Crippen molar-refractivity contribution in [3.8, 4) is 6.07 Å². The third kappa shape index (κ3) is 3.25. The van der Waals surface area contributed by atoms with Crippen molar-refractivity contribution in [1.29, 1.82) is 5.26 Å². The molecule has 0 saturated carbocycles. The molecule has 124 valence electrons. The zero-order chi connectivity index (χ0) is 17.2. The highest BCUT2D eigenvalue weighted by Crippen LogP contribution is 2.29. The number of anilines is 2. The molecule has 0 atom stereocenters. The topological polar surface area (TPSA) is 56.1 Å². The monoisotopic (exact) mass is 333 g/mol. The number of halogens is 3. The summed E-state index contributed by atoms with van der Waals surface area (Å²) < 4.78 is 37.7. The fourth-order valence-electron chi connectivity index (χ4n) is 2.65. The molecule has 3 heterocycles. The van der Waals surface area contributed by atoms with E-state index in [1.165, 1.54) is 6.07 Å². The third-order valence-corrected chi connectivity index (χ3v) is 3.94. The number of nitrogens with zero attached hydrogens (tertiary/aromatic N) is 5. The zero-order valence-electron chi connectivity index (χ0n) is 12.7. The average molecular weight is 333 g/mol. The van der Waals surface area contributed by atoms with Crippen molar-refractivity contribution < 1.29 is 13.2 Å². The Labute approximate surface area is 137 Å². The average Bonchev–Trinajstić information content (AvgIpc) is 2.61. The van der Waals surface area contributed by atoms with Gasteiger partial charge in [0.2, 0.25) is 0 Å². The van der Waals surface area contributed by atoms with E-state index in [0.29, 0.717) is 37.6 Å². The first-order chi connectivity index (χ1) is 11.5. The molecule has 1 fully saturated rings. The van der Waals surface area contributed by atoms with Crippen LogP contribution in [0, 0.1) is 11.3 Å². The van der Waals surface area contributed by atoms with Gasteiger partial charge in [0, 0.05) is 38.6 Å². The molecule has 0 N–H and O–H groups in total. The molecule has 0 aromatic carbocycles. The molecule has 8 heteroatoms. The Morgan fingerprint density at radius 3 is 2.29 bits per heavy atom. The van der Waals surface area contributed by atoms with Crippen LogP contribution in [0.25, 0.3) is 0 Å².